The predicted molar refractivity (Wildman–Crippen MR) is 42.0 cm³/mol. The van der Waals surface area contributed by atoms with Crippen molar-refractivity contribution in [1.82, 2.24) is 0 Å². The molecule has 1 aromatic rings. The summed E-state index contributed by atoms with van der Waals surface area (Å²) in [7, 11) is 0. The number of carbonyl (C=O) groups is 1. The summed E-state index contributed by atoms with van der Waals surface area (Å²) >= 11 is 0. The van der Waals surface area contributed by atoms with Gasteiger partial charge in [0.15, 0.2) is 17.5 Å². The third kappa shape index (κ3) is 2.11. The fourth-order valence-corrected chi connectivity index (χ4v) is 0.995. The molecule has 1 N–H and O–H groups in total. The number of benzene rings is 1. The summed E-state index contributed by atoms with van der Waals surface area (Å²) in [5.74, 6) is -4.36. The summed E-state index contributed by atoms with van der Waals surface area (Å²) in [5.41, 5.74) is -0.159. The summed E-state index contributed by atoms with van der Waals surface area (Å²) in [4.78, 5) is 10.0. The van der Waals surface area contributed by atoms with Gasteiger partial charge in [0.2, 0.25) is 0 Å². The van der Waals surface area contributed by atoms with Gasteiger partial charge in [0.25, 0.3) is 0 Å². The molecule has 0 spiro atoms. The highest BCUT2D eigenvalue weighted by atomic mass is 19.2. The molecular weight excluding hydrogens is 197 g/mol. The maximum atomic E-state index is 12.6. The Labute approximate surface area is 78.0 Å². The van der Waals surface area contributed by atoms with Gasteiger partial charge < -0.3 is 9.90 Å². The summed E-state index contributed by atoms with van der Waals surface area (Å²) in [6, 6.07) is 1.32. The van der Waals surface area contributed by atoms with Gasteiger partial charge in [0, 0.05) is 6.42 Å². The highest BCUT2D eigenvalue weighted by Gasteiger charge is 2.14. The average molecular weight is 204 g/mol. The van der Waals surface area contributed by atoms with Crippen molar-refractivity contribution in [3.05, 3.63) is 35.1 Å². The predicted octanol–water partition coefficient (Wildman–Crippen LogP) is 1.73. The normalized spacial score (nSPS) is 12.6. The first-order valence-electron chi connectivity index (χ1n) is 3.82. The van der Waals surface area contributed by atoms with Crippen LogP contribution in [0.25, 0.3) is 0 Å². The molecule has 0 aromatic heterocycles. The summed E-state index contributed by atoms with van der Waals surface area (Å²) in [5, 5.41) is 9.17. The summed E-state index contributed by atoms with van der Waals surface area (Å²) < 4.78 is 37.7. The lowest BCUT2D eigenvalue weighted by Gasteiger charge is -2.07. The molecule has 0 heterocycles. The number of rotatable bonds is 3. The van der Waals surface area contributed by atoms with Crippen molar-refractivity contribution in [3.8, 4) is 0 Å². The van der Waals surface area contributed by atoms with E-state index in [1.807, 2.05) is 0 Å². The van der Waals surface area contributed by atoms with E-state index in [0.29, 0.717) is 18.4 Å². The Morgan fingerprint density at radius 1 is 1.29 bits per heavy atom. The Bertz CT molecular complexity index is 329. The van der Waals surface area contributed by atoms with Gasteiger partial charge in [-0.1, -0.05) is 0 Å². The van der Waals surface area contributed by atoms with E-state index in [1.165, 1.54) is 0 Å². The van der Waals surface area contributed by atoms with Gasteiger partial charge in [0.05, 0.1) is 6.10 Å². The maximum Gasteiger partial charge on any atom is 0.194 e. The van der Waals surface area contributed by atoms with Gasteiger partial charge in [-0.2, -0.15) is 0 Å². The van der Waals surface area contributed by atoms with E-state index in [2.05, 4.69) is 0 Å². The van der Waals surface area contributed by atoms with Crippen LogP contribution in [0.2, 0.25) is 0 Å². The van der Waals surface area contributed by atoms with Crippen molar-refractivity contribution in [1.29, 1.82) is 0 Å². The van der Waals surface area contributed by atoms with E-state index >= 15 is 0 Å². The molecule has 2 nitrogen and oxygen atoms in total. The Morgan fingerprint density at radius 2 is 1.79 bits per heavy atom. The topological polar surface area (TPSA) is 37.3 Å². The quantitative estimate of drug-likeness (QED) is 0.601. The molecule has 5 heteroatoms. The number of hydrogen-bond acceptors (Lipinski definition) is 2. The first-order chi connectivity index (χ1) is 6.56. The highest BCUT2D eigenvalue weighted by Crippen LogP contribution is 2.20. The SMILES string of the molecule is O=CCC(O)c1cc(F)c(F)c(F)c1. The fraction of sp³-hybridized carbons (Fsp3) is 0.222. The van der Waals surface area contributed by atoms with Crippen molar-refractivity contribution in [2.24, 2.45) is 0 Å². The van der Waals surface area contributed by atoms with Crippen molar-refractivity contribution >= 4 is 6.29 Å². The third-order valence-corrected chi connectivity index (χ3v) is 1.71. The lowest BCUT2D eigenvalue weighted by Crippen LogP contribution is -2.01. The third-order valence-electron chi connectivity index (χ3n) is 1.71. The molecule has 0 saturated heterocycles. The van der Waals surface area contributed by atoms with Crippen LogP contribution in [0.5, 0.6) is 0 Å². The lowest BCUT2D eigenvalue weighted by atomic mass is 10.1. The number of carbonyl (C=O) groups excluding carboxylic acids is 1. The highest BCUT2D eigenvalue weighted by molar-refractivity contribution is 5.51. The molecule has 0 aliphatic rings. The number of halogens is 3. The number of aliphatic hydroxyl groups is 1. The lowest BCUT2D eigenvalue weighted by molar-refractivity contribution is -0.109. The Morgan fingerprint density at radius 3 is 2.21 bits per heavy atom. The Hall–Kier alpha value is -1.36. The van der Waals surface area contributed by atoms with Crippen molar-refractivity contribution in [2.75, 3.05) is 0 Å². The molecule has 0 aliphatic carbocycles. The fourth-order valence-electron chi connectivity index (χ4n) is 0.995. The second-order valence-electron chi connectivity index (χ2n) is 2.72. The van der Waals surface area contributed by atoms with E-state index in [0.717, 1.165) is 0 Å². The van der Waals surface area contributed by atoms with E-state index in [1.54, 1.807) is 0 Å². The molecule has 76 valence electrons. The zero-order valence-corrected chi connectivity index (χ0v) is 7.01. The number of aldehydes is 1. The van der Waals surface area contributed by atoms with Gasteiger partial charge in [-0.3, -0.25) is 0 Å². The smallest absolute Gasteiger partial charge is 0.194 e. The van der Waals surface area contributed by atoms with Crippen LogP contribution in [0.4, 0.5) is 13.2 Å². The van der Waals surface area contributed by atoms with Gasteiger partial charge in [0.1, 0.15) is 6.29 Å². The molecular formula is C9H7F3O2. The van der Waals surface area contributed by atoms with E-state index < -0.39 is 23.6 Å². The van der Waals surface area contributed by atoms with Gasteiger partial charge >= 0.3 is 0 Å². The Balaban J connectivity index is 3.05. The monoisotopic (exact) mass is 204 g/mol. The average Bonchev–Trinajstić information content (AvgIpc) is 2.13. The minimum absolute atomic E-state index is 0.159. The van der Waals surface area contributed by atoms with Crippen LogP contribution < -0.4 is 0 Å². The molecule has 14 heavy (non-hydrogen) atoms. The molecule has 0 radical (unpaired) electrons. The van der Waals surface area contributed by atoms with Gasteiger partial charge in [-0.25, -0.2) is 13.2 Å². The van der Waals surface area contributed by atoms with Crippen LogP contribution in [0.3, 0.4) is 0 Å². The molecule has 0 aliphatic heterocycles. The Kier molecular flexibility index (Phi) is 3.24. The van der Waals surface area contributed by atoms with Crippen LogP contribution in [0.1, 0.15) is 18.1 Å². The van der Waals surface area contributed by atoms with Crippen LogP contribution in [0.15, 0.2) is 12.1 Å². The number of aliphatic hydroxyl groups excluding tert-OH is 1. The van der Waals surface area contributed by atoms with Crippen LogP contribution in [0, 0.1) is 17.5 Å². The zero-order chi connectivity index (χ0) is 10.7. The van der Waals surface area contributed by atoms with Crippen LogP contribution in [-0.4, -0.2) is 11.4 Å². The van der Waals surface area contributed by atoms with Gasteiger partial charge in [-0.15, -0.1) is 0 Å². The van der Waals surface area contributed by atoms with E-state index in [4.69, 9.17) is 0 Å². The molecule has 1 rings (SSSR count). The largest absolute Gasteiger partial charge is 0.388 e. The molecule has 1 atom stereocenters. The van der Waals surface area contributed by atoms with E-state index in [9.17, 15) is 23.1 Å². The van der Waals surface area contributed by atoms with E-state index in [-0.39, 0.29) is 12.0 Å². The van der Waals surface area contributed by atoms with Crippen LogP contribution >= 0.6 is 0 Å². The zero-order valence-electron chi connectivity index (χ0n) is 7.01. The first-order valence-corrected chi connectivity index (χ1v) is 3.82. The van der Waals surface area contributed by atoms with Gasteiger partial charge in [-0.05, 0) is 17.7 Å². The summed E-state index contributed by atoms with van der Waals surface area (Å²) in [6.45, 7) is 0. The second-order valence-corrected chi connectivity index (χ2v) is 2.72. The maximum absolute atomic E-state index is 12.6. The molecule has 1 aromatic carbocycles. The van der Waals surface area contributed by atoms with Crippen molar-refractivity contribution < 1.29 is 23.1 Å². The van der Waals surface area contributed by atoms with Crippen LogP contribution in [-0.2, 0) is 4.79 Å². The van der Waals surface area contributed by atoms with Crippen molar-refractivity contribution in [3.63, 3.8) is 0 Å². The molecule has 1 unspecified atom stereocenters. The standard InChI is InChI=1S/C9H7F3O2/c10-6-3-5(8(14)1-2-13)4-7(11)9(6)12/h2-4,8,14H,1H2. The number of hydrogen-bond donors (Lipinski definition) is 1. The molecule has 0 fully saturated rings. The molecule has 0 saturated carbocycles. The molecule has 0 amide bonds. The molecule has 0 bridgehead atoms. The first kappa shape index (κ1) is 10.7. The summed E-state index contributed by atoms with van der Waals surface area (Å²) in [6.07, 6.45) is -1.19. The van der Waals surface area contributed by atoms with Crippen molar-refractivity contribution in [2.45, 2.75) is 12.5 Å². The minimum atomic E-state index is -1.59. The minimum Gasteiger partial charge on any atom is -0.388 e. The second kappa shape index (κ2) is 4.23.